The van der Waals surface area contributed by atoms with E-state index in [9.17, 15) is 33.6 Å². The second-order valence-corrected chi connectivity index (χ2v) is 23.3. The molecule has 24 nitrogen and oxygen atoms in total. The first kappa shape index (κ1) is 71.1. The van der Waals surface area contributed by atoms with Crippen LogP contribution in [0.25, 0.3) is 34.0 Å². The van der Waals surface area contributed by atoms with E-state index in [-0.39, 0.29) is 89.5 Å². The number of carbonyl (C=O) groups is 7. The van der Waals surface area contributed by atoms with Gasteiger partial charge in [0.25, 0.3) is 0 Å². The van der Waals surface area contributed by atoms with Crippen molar-refractivity contribution in [2.75, 3.05) is 81.9 Å². The van der Waals surface area contributed by atoms with Crippen molar-refractivity contribution >= 4 is 92.8 Å². The summed E-state index contributed by atoms with van der Waals surface area (Å²) in [7, 11) is 0. The van der Waals surface area contributed by atoms with Gasteiger partial charge in [-0.1, -0.05) is 136 Å². The van der Waals surface area contributed by atoms with Crippen LogP contribution in [0.3, 0.4) is 0 Å². The Balaban J connectivity index is 0.671. The first-order valence-electron chi connectivity index (χ1n) is 32.4. The van der Waals surface area contributed by atoms with Gasteiger partial charge >= 0.3 is 12.1 Å². The number of carbonyl (C=O) groups excluding carboxylic acids is 7. The fourth-order valence-corrected chi connectivity index (χ4v) is 10.7. The molecule has 2 aromatic heterocycles. The van der Waals surface area contributed by atoms with Crippen LogP contribution in [0.15, 0.2) is 121 Å². The minimum Gasteiger partial charge on any atom is -0.445 e. The van der Waals surface area contributed by atoms with Crippen molar-refractivity contribution < 1.29 is 57.2 Å². The molecular weight excluding hydrogens is 1210 g/mol. The molecule has 8 rings (SSSR count). The number of nitrogens with zero attached hydrogens (tertiary/aromatic N) is 4. The number of hydrogen-bond acceptors (Lipinski definition) is 15. The van der Waals surface area contributed by atoms with Crippen molar-refractivity contribution in [3.63, 3.8) is 0 Å². The molecule has 3 heterocycles. The van der Waals surface area contributed by atoms with Gasteiger partial charge in [-0.2, -0.15) is 5.10 Å². The number of pyridine rings is 1. The van der Waals surface area contributed by atoms with Gasteiger partial charge in [0, 0.05) is 68.3 Å². The van der Waals surface area contributed by atoms with Gasteiger partial charge in [-0.25, -0.2) is 14.6 Å². The number of anilines is 3. The summed E-state index contributed by atoms with van der Waals surface area (Å²) in [6.07, 6.45) is 6.61. The zero-order valence-corrected chi connectivity index (χ0v) is 54.3. The summed E-state index contributed by atoms with van der Waals surface area (Å²) in [6, 6.07) is 35.6. The fourth-order valence-electron chi connectivity index (χ4n) is 10.7. The highest BCUT2D eigenvalue weighted by molar-refractivity contribution is 6.09. The Morgan fingerprint density at radius 1 is 0.632 bits per heavy atom. The molecule has 504 valence electrons. The van der Waals surface area contributed by atoms with Crippen LogP contribution in [0.2, 0.25) is 0 Å². The van der Waals surface area contributed by atoms with Crippen LogP contribution in [0, 0.1) is 5.92 Å². The molecule has 95 heavy (non-hydrogen) atoms. The summed E-state index contributed by atoms with van der Waals surface area (Å²) in [5.41, 5.74) is 21.1. The lowest BCUT2D eigenvalue weighted by atomic mass is 10.0. The van der Waals surface area contributed by atoms with E-state index in [2.05, 4.69) is 60.6 Å². The van der Waals surface area contributed by atoms with E-state index in [4.69, 9.17) is 40.3 Å². The summed E-state index contributed by atoms with van der Waals surface area (Å²) < 4.78 is 29.9. The smallest absolute Gasteiger partial charge is 0.407 e. The molecule has 0 bridgehead atoms. The maximum absolute atomic E-state index is 13.7. The minimum atomic E-state index is -1.06. The average molecular weight is 1300 g/mol. The van der Waals surface area contributed by atoms with E-state index in [1.165, 1.54) is 0 Å². The largest absolute Gasteiger partial charge is 0.445 e. The van der Waals surface area contributed by atoms with E-state index >= 15 is 0 Å². The van der Waals surface area contributed by atoms with Gasteiger partial charge in [0.05, 0.1) is 76.3 Å². The number of nitrogen functional groups attached to an aromatic ring is 1. The monoisotopic (exact) mass is 1300 g/mol. The summed E-state index contributed by atoms with van der Waals surface area (Å²) in [5, 5.41) is 23.4. The van der Waals surface area contributed by atoms with Crippen LogP contribution in [-0.4, -0.2) is 134 Å². The lowest BCUT2D eigenvalue weighted by molar-refractivity contribution is -0.132. The Kier molecular flexibility index (Phi) is 27.9. The van der Waals surface area contributed by atoms with E-state index in [0.717, 1.165) is 74.9 Å². The van der Waals surface area contributed by atoms with Crippen molar-refractivity contribution in [2.24, 2.45) is 11.7 Å². The lowest BCUT2D eigenvalue weighted by Crippen LogP contribution is -2.54. The molecule has 0 saturated carbocycles. The number of aromatic nitrogens is 3. The van der Waals surface area contributed by atoms with Crippen LogP contribution in [0.5, 0.6) is 0 Å². The van der Waals surface area contributed by atoms with Gasteiger partial charge in [-0.15, -0.1) is 0 Å². The van der Waals surface area contributed by atoms with E-state index in [1.807, 2.05) is 97.1 Å². The molecule has 24 heteroatoms. The third-order valence-corrected chi connectivity index (χ3v) is 15.8. The van der Waals surface area contributed by atoms with Crippen molar-refractivity contribution in [2.45, 2.75) is 110 Å². The summed E-state index contributed by atoms with van der Waals surface area (Å²) >= 11 is 0. The number of amides is 8. The van der Waals surface area contributed by atoms with Gasteiger partial charge in [-0.05, 0) is 82.8 Å². The standard InChI is InChI=1S/C71H88N12O12/c1-4-5-35-83-60(64-56-16-9-10-17-57(56)78-67(72)66(64)81-83)44-49-20-22-50(23-21-49)45-76-71(90)95-47-51-24-28-55(29-25-51)77-68(87)58(18-12-33-75-70(73)89)79-69(88)65(48(2)3)80-62(85)32-36-91-38-40-93-42-43-94-41-39-92-37-34-74-61(84)30-31-63(86)82-46-54-15-7-6-13-52(54)26-27-53-14-8-11-19-59(53)82/h6-11,13-17,19-29,48,58,65H,4-5,12,18,30-47H2,1-3H3,(H2,72,78)(H,74,84)(H,76,90)(H,77,87)(H,79,88)(H,80,85)(H3,73,75,89)/b27-26-/t58-,65-/m0/s1. The molecule has 1 aliphatic heterocycles. The first-order chi connectivity index (χ1) is 46.1. The zero-order valence-electron chi connectivity index (χ0n) is 54.3. The number of ether oxygens (including phenoxy) is 5. The number of para-hydroxylation sites is 2. The van der Waals surface area contributed by atoms with Gasteiger partial charge in [0.1, 0.15) is 24.2 Å². The molecule has 0 spiro atoms. The van der Waals surface area contributed by atoms with Crippen LogP contribution in [0.4, 0.5) is 26.8 Å². The van der Waals surface area contributed by atoms with Crippen LogP contribution >= 0.6 is 0 Å². The number of urea groups is 1. The molecule has 0 aliphatic carbocycles. The number of rotatable bonds is 37. The van der Waals surface area contributed by atoms with Crippen LogP contribution in [-0.2, 0) is 80.3 Å². The molecule has 1 aliphatic rings. The topological polar surface area (TPSA) is 324 Å². The highest BCUT2D eigenvalue weighted by atomic mass is 16.6. The lowest BCUT2D eigenvalue weighted by Gasteiger charge is -2.27. The number of alkyl carbamates (subject to hydrolysis) is 1. The molecule has 10 N–H and O–H groups in total. The number of hydrogen-bond donors (Lipinski definition) is 8. The highest BCUT2D eigenvalue weighted by Crippen LogP contribution is 2.33. The number of aryl methyl sites for hydroxylation is 1. The first-order valence-corrected chi connectivity index (χ1v) is 32.4. The molecule has 0 unspecified atom stereocenters. The van der Waals surface area contributed by atoms with Crippen molar-refractivity contribution in [1.82, 2.24) is 41.3 Å². The number of fused-ring (bicyclic) bond motifs is 5. The Hall–Kier alpha value is -9.75. The number of nitrogens with one attached hydrogen (secondary N) is 6. The molecule has 2 atom stereocenters. The predicted molar refractivity (Wildman–Crippen MR) is 364 cm³/mol. The van der Waals surface area contributed by atoms with Gasteiger partial charge in [0.15, 0.2) is 5.82 Å². The molecule has 0 fully saturated rings. The average Bonchev–Trinajstić information content (AvgIpc) is 1.64. The molecule has 7 aromatic rings. The quantitative estimate of drug-likeness (QED) is 0.0171. The second kappa shape index (κ2) is 37.2. The summed E-state index contributed by atoms with van der Waals surface area (Å²) in [4.78, 5) is 97.1. The maximum Gasteiger partial charge on any atom is 0.407 e. The van der Waals surface area contributed by atoms with Crippen LogP contribution < -0.4 is 48.3 Å². The summed E-state index contributed by atoms with van der Waals surface area (Å²) in [6.45, 7) is 9.62. The number of primary amides is 1. The van der Waals surface area contributed by atoms with Crippen molar-refractivity contribution in [3.8, 4) is 0 Å². The highest BCUT2D eigenvalue weighted by Gasteiger charge is 2.29. The second-order valence-electron chi connectivity index (χ2n) is 23.3. The van der Waals surface area contributed by atoms with Crippen molar-refractivity contribution in [3.05, 3.63) is 160 Å². The minimum absolute atomic E-state index is 0.0327. The Morgan fingerprint density at radius 3 is 2.01 bits per heavy atom. The van der Waals surface area contributed by atoms with Crippen LogP contribution in [0.1, 0.15) is 105 Å². The Labute approximate surface area is 553 Å². The van der Waals surface area contributed by atoms with Gasteiger partial charge in [-0.3, -0.25) is 28.7 Å². The normalized spacial score (nSPS) is 12.8. The number of unbranched alkanes of at least 4 members (excludes halogenated alkanes) is 1. The molecule has 5 aromatic carbocycles. The van der Waals surface area contributed by atoms with E-state index in [0.29, 0.717) is 74.9 Å². The van der Waals surface area contributed by atoms with E-state index < -0.39 is 41.9 Å². The van der Waals surface area contributed by atoms with Gasteiger partial charge in [0.2, 0.25) is 29.5 Å². The molecular formula is C71H88N12O12. The predicted octanol–water partition coefficient (Wildman–Crippen LogP) is 8.07. The Morgan fingerprint density at radius 2 is 1.28 bits per heavy atom. The van der Waals surface area contributed by atoms with E-state index in [1.54, 1.807) is 43.0 Å². The maximum atomic E-state index is 13.7. The third kappa shape index (κ3) is 22.2. The van der Waals surface area contributed by atoms with Crippen molar-refractivity contribution in [1.29, 1.82) is 0 Å². The SMILES string of the molecule is CCCCn1nc2c(N)nc3ccccc3c2c1Cc1ccc(CNC(=O)OCc2ccc(NC(=O)[C@H](CCCNC(N)=O)NC(=O)[C@@H](NC(=O)CCOCCOCCOCCOCCNC(=O)CCC(=O)N3Cc4ccccc4/C=C\c4ccccc43)C(C)C)cc2)cc1. The molecule has 0 radical (unpaired) electrons. The number of nitrogens with two attached hydrogens (primary N) is 2. The Bertz CT molecular complexity index is 3730. The molecule has 0 saturated heterocycles. The van der Waals surface area contributed by atoms with Gasteiger partial charge < -0.3 is 72.0 Å². The zero-order chi connectivity index (χ0) is 67.3. The fraction of sp³-hybridized carbons (Fsp3) is 0.394. The number of benzene rings is 5. The third-order valence-electron chi connectivity index (χ3n) is 15.8. The summed E-state index contributed by atoms with van der Waals surface area (Å²) in [5.74, 6) is -1.83. The molecule has 8 amide bonds.